The molecule has 1 aliphatic rings. The molecule has 1 aliphatic carbocycles. The maximum Gasteiger partial charge on any atom is 0.237 e. The van der Waals surface area contributed by atoms with Gasteiger partial charge in [0.15, 0.2) is 0 Å². The van der Waals surface area contributed by atoms with Crippen LogP contribution < -0.4 is 10.6 Å². The predicted octanol–water partition coefficient (Wildman–Crippen LogP) is 5.51. The van der Waals surface area contributed by atoms with Gasteiger partial charge in [0.05, 0.1) is 5.25 Å². The maximum absolute atomic E-state index is 12.7. The minimum atomic E-state index is -0.238. The average Bonchev–Trinajstić information content (AvgIpc) is 3.48. The number of nitrogens with one attached hydrogen (secondary N) is 2. The minimum absolute atomic E-state index is 0.0553. The molecule has 1 unspecified atom stereocenters. The van der Waals surface area contributed by atoms with Crippen molar-refractivity contribution in [2.24, 2.45) is 5.92 Å². The van der Waals surface area contributed by atoms with E-state index < -0.39 is 0 Å². The smallest absolute Gasteiger partial charge is 0.237 e. The molecule has 2 aromatic carbocycles. The zero-order chi connectivity index (χ0) is 19.4. The van der Waals surface area contributed by atoms with E-state index in [1.165, 1.54) is 11.8 Å². The molecule has 0 bridgehead atoms. The number of aryl methyl sites for hydroxylation is 1. The van der Waals surface area contributed by atoms with Crippen LogP contribution in [0.2, 0.25) is 5.02 Å². The van der Waals surface area contributed by atoms with Crippen LogP contribution in [-0.4, -0.2) is 17.1 Å². The molecule has 6 heteroatoms. The van der Waals surface area contributed by atoms with Crippen LogP contribution in [0, 0.1) is 12.8 Å². The summed E-state index contributed by atoms with van der Waals surface area (Å²) in [5, 5.41) is 6.28. The lowest BCUT2D eigenvalue weighted by molar-refractivity contribution is -0.117. The maximum atomic E-state index is 12.7. The molecule has 0 aromatic heterocycles. The summed E-state index contributed by atoms with van der Waals surface area (Å²) in [7, 11) is 0. The van der Waals surface area contributed by atoms with Gasteiger partial charge < -0.3 is 10.6 Å². The van der Waals surface area contributed by atoms with Crippen molar-refractivity contribution in [3.63, 3.8) is 0 Å². The first-order valence-electron chi connectivity index (χ1n) is 9.11. The predicted molar refractivity (Wildman–Crippen MR) is 113 cm³/mol. The van der Waals surface area contributed by atoms with Crippen molar-refractivity contribution < 1.29 is 9.59 Å². The van der Waals surface area contributed by atoms with Crippen molar-refractivity contribution >= 4 is 46.6 Å². The highest BCUT2D eigenvalue weighted by Gasteiger charge is 2.29. The van der Waals surface area contributed by atoms with Gasteiger partial charge in [-0.1, -0.05) is 30.7 Å². The van der Waals surface area contributed by atoms with E-state index in [1.54, 1.807) is 12.1 Å². The Balaban J connectivity index is 1.66. The number of benzene rings is 2. The molecule has 2 N–H and O–H groups in total. The first kappa shape index (κ1) is 19.8. The number of hydrogen-bond acceptors (Lipinski definition) is 3. The SMILES string of the molecule is CCC(Sc1cccc(NC(=O)C2CC2)c1)C(=O)Nc1cc(Cl)ccc1C. The van der Waals surface area contributed by atoms with Crippen molar-refractivity contribution in [2.45, 2.75) is 43.3 Å². The first-order chi connectivity index (χ1) is 13.0. The molecular weight excluding hydrogens is 380 g/mol. The third-order valence-electron chi connectivity index (χ3n) is 4.45. The Morgan fingerprint density at radius 2 is 1.96 bits per heavy atom. The fraction of sp³-hybridized carbons (Fsp3) is 0.333. The number of hydrogen-bond donors (Lipinski definition) is 2. The van der Waals surface area contributed by atoms with Crippen molar-refractivity contribution in [3.8, 4) is 0 Å². The van der Waals surface area contributed by atoms with Crippen LogP contribution in [0.3, 0.4) is 0 Å². The number of carbonyl (C=O) groups excluding carboxylic acids is 2. The van der Waals surface area contributed by atoms with Gasteiger partial charge in [0, 0.05) is 27.2 Å². The summed E-state index contributed by atoms with van der Waals surface area (Å²) in [6.07, 6.45) is 2.64. The van der Waals surface area contributed by atoms with E-state index in [9.17, 15) is 9.59 Å². The molecule has 0 heterocycles. The van der Waals surface area contributed by atoms with E-state index in [0.29, 0.717) is 11.4 Å². The zero-order valence-corrected chi connectivity index (χ0v) is 17.0. The van der Waals surface area contributed by atoms with Gasteiger partial charge in [-0.3, -0.25) is 9.59 Å². The van der Waals surface area contributed by atoms with Crippen LogP contribution in [-0.2, 0) is 9.59 Å². The molecule has 0 radical (unpaired) electrons. The Kier molecular flexibility index (Phi) is 6.45. The second-order valence-corrected chi connectivity index (χ2v) is 8.47. The van der Waals surface area contributed by atoms with Gasteiger partial charge in [0.2, 0.25) is 11.8 Å². The van der Waals surface area contributed by atoms with Crippen LogP contribution in [0.25, 0.3) is 0 Å². The van der Waals surface area contributed by atoms with E-state index in [-0.39, 0.29) is 23.0 Å². The second kappa shape index (κ2) is 8.81. The normalized spacial score (nSPS) is 14.5. The van der Waals surface area contributed by atoms with Crippen molar-refractivity contribution in [1.82, 2.24) is 0 Å². The Morgan fingerprint density at radius 1 is 1.19 bits per heavy atom. The number of halogens is 1. The van der Waals surface area contributed by atoms with Gasteiger partial charge in [-0.05, 0) is 62.1 Å². The third-order valence-corrected chi connectivity index (χ3v) is 6.04. The quantitative estimate of drug-likeness (QED) is 0.600. The molecule has 2 amide bonds. The largest absolute Gasteiger partial charge is 0.326 e. The van der Waals surface area contributed by atoms with E-state index in [2.05, 4.69) is 10.6 Å². The number of carbonyl (C=O) groups is 2. The monoisotopic (exact) mass is 402 g/mol. The number of anilines is 2. The van der Waals surface area contributed by atoms with Crippen molar-refractivity contribution in [1.29, 1.82) is 0 Å². The topological polar surface area (TPSA) is 58.2 Å². The molecule has 1 atom stereocenters. The number of thioether (sulfide) groups is 1. The van der Waals surface area contributed by atoms with E-state index in [0.717, 1.165) is 34.7 Å². The van der Waals surface area contributed by atoms with Gasteiger partial charge >= 0.3 is 0 Å². The van der Waals surface area contributed by atoms with Crippen LogP contribution in [0.4, 0.5) is 11.4 Å². The molecule has 4 nitrogen and oxygen atoms in total. The van der Waals surface area contributed by atoms with Crippen LogP contribution in [0.15, 0.2) is 47.4 Å². The lowest BCUT2D eigenvalue weighted by Gasteiger charge is -2.16. The molecule has 0 aliphatic heterocycles. The standard InChI is InChI=1S/C21H23ClN2O2S/c1-3-19(21(26)24-18-11-15(22)10-7-13(18)2)27-17-6-4-5-16(12-17)23-20(25)14-8-9-14/h4-7,10-12,14,19H,3,8-9H2,1-2H3,(H,23,25)(H,24,26). The molecule has 0 spiro atoms. The summed E-state index contributed by atoms with van der Waals surface area (Å²) >= 11 is 7.53. The molecule has 27 heavy (non-hydrogen) atoms. The number of amides is 2. The van der Waals surface area contributed by atoms with E-state index >= 15 is 0 Å². The van der Waals surface area contributed by atoms with Gasteiger partial charge in [-0.25, -0.2) is 0 Å². The van der Waals surface area contributed by atoms with Crippen molar-refractivity contribution in [3.05, 3.63) is 53.1 Å². The Morgan fingerprint density at radius 3 is 2.67 bits per heavy atom. The van der Waals surface area contributed by atoms with Crippen LogP contribution >= 0.6 is 23.4 Å². The molecule has 142 valence electrons. The van der Waals surface area contributed by atoms with Gasteiger partial charge in [-0.2, -0.15) is 0 Å². The molecule has 1 saturated carbocycles. The van der Waals surface area contributed by atoms with Crippen LogP contribution in [0.1, 0.15) is 31.7 Å². The summed E-state index contributed by atoms with van der Waals surface area (Å²) in [6, 6.07) is 13.1. The highest BCUT2D eigenvalue weighted by atomic mass is 35.5. The molecule has 1 fully saturated rings. The van der Waals surface area contributed by atoms with Gasteiger partial charge in [0.1, 0.15) is 0 Å². The Labute approximate surface area is 169 Å². The van der Waals surface area contributed by atoms with Crippen LogP contribution in [0.5, 0.6) is 0 Å². The van der Waals surface area contributed by atoms with E-state index in [4.69, 9.17) is 11.6 Å². The molecule has 3 rings (SSSR count). The van der Waals surface area contributed by atoms with Crippen molar-refractivity contribution in [2.75, 3.05) is 10.6 Å². The molecule has 0 saturated heterocycles. The fourth-order valence-electron chi connectivity index (χ4n) is 2.67. The highest BCUT2D eigenvalue weighted by Crippen LogP contribution is 2.32. The first-order valence-corrected chi connectivity index (χ1v) is 10.4. The lowest BCUT2D eigenvalue weighted by Crippen LogP contribution is -2.25. The summed E-state index contributed by atoms with van der Waals surface area (Å²) in [4.78, 5) is 25.6. The van der Waals surface area contributed by atoms with Gasteiger partial charge in [-0.15, -0.1) is 11.8 Å². The molecule has 2 aromatic rings. The third kappa shape index (κ3) is 5.50. The minimum Gasteiger partial charge on any atom is -0.326 e. The lowest BCUT2D eigenvalue weighted by atomic mass is 10.2. The summed E-state index contributed by atoms with van der Waals surface area (Å²) < 4.78 is 0. The summed E-state index contributed by atoms with van der Waals surface area (Å²) in [6.45, 7) is 3.92. The second-order valence-electron chi connectivity index (χ2n) is 6.75. The number of rotatable bonds is 7. The Hall–Kier alpha value is -1.98. The molecular formula is C21H23ClN2O2S. The fourth-order valence-corrected chi connectivity index (χ4v) is 3.85. The summed E-state index contributed by atoms with van der Waals surface area (Å²) in [5.74, 6) is 0.190. The zero-order valence-electron chi connectivity index (χ0n) is 15.4. The van der Waals surface area contributed by atoms with Gasteiger partial charge in [0.25, 0.3) is 0 Å². The highest BCUT2D eigenvalue weighted by molar-refractivity contribution is 8.00. The Bertz CT molecular complexity index is 852. The summed E-state index contributed by atoms with van der Waals surface area (Å²) in [5.41, 5.74) is 2.48. The van der Waals surface area contributed by atoms with E-state index in [1.807, 2.05) is 44.2 Å². The average molecular weight is 403 g/mol.